The predicted octanol–water partition coefficient (Wildman–Crippen LogP) is -0.163. The van der Waals surface area contributed by atoms with E-state index in [9.17, 15) is 0 Å². The van der Waals surface area contributed by atoms with Crippen LogP contribution in [0.2, 0.25) is 0 Å². The molecule has 3 fully saturated rings. The van der Waals surface area contributed by atoms with Crippen molar-refractivity contribution in [1.82, 2.24) is 4.90 Å². The third-order valence-corrected chi connectivity index (χ3v) is 4.69. The van der Waals surface area contributed by atoms with Crippen LogP contribution in [0.3, 0.4) is 0 Å². The monoisotopic (exact) mass is 219 g/mol. The van der Waals surface area contributed by atoms with Gasteiger partial charge in [0.05, 0.1) is 13.2 Å². The minimum absolute atomic E-state index is 0.639. The Balaban J connectivity index is 2.08. The summed E-state index contributed by atoms with van der Waals surface area (Å²) in [6.45, 7) is 4.90. The van der Waals surface area contributed by atoms with Gasteiger partial charge in [-0.1, -0.05) is 0 Å². The zero-order valence-electron chi connectivity index (χ0n) is 8.53. The summed E-state index contributed by atoms with van der Waals surface area (Å²) in [4.78, 5) is 2.34. The number of hydrogen-bond donors (Lipinski definition) is 0. The number of rotatable bonds is 1. The molecule has 2 bridgehead atoms. The molecule has 5 nitrogen and oxygen atoms in total. The maximum Gasteiger partial charge on any atom is 0.679 e. The average Bonchev–Trinajstić information content (AvgIpc) is 2.32. The highest BCUT2D eigenvalue weighted by atomic mass is 28.4. The summed E-state index contributed by atoms with van der Waals surface area (Å²) >= 11 is 0. The molecule has 0 amide bonds. The minimum atomic E-state index is -2.76. The molecule has 3 aliphatic rings. The van der Waals surface area contributed by atoms with Crippen LogP contribution in [0.4, 0.5) is 0 Å². The Morgan fingerprint density at radius 1 is 1.00 bits per heavy atom. The van der Waals surface area contributed by atoms with Crippen LogP contribution < -0.4 is 0 Å². The second kappa shape index (κ2) is 4.69. The SMILES string of the molecule is CO[Si]12OCCCN(CCO1)CCO2. The Bertz CT molecular complexity index is 177. The zero-order valence-corrected chi connectivity index (χ0v) is 9.53. The van der Waals surface area contributed by atoms with Crippen LogP contribution in [-0.4, -0.2) is 60.5 Å². The summed E-state index contributed by atoms with van der Waals surface area (Å²) in [6.07, 6.45) is 1.02. The standard InChI is InChI=1S/C8H17NO4Si/c1-10-14-11-6-2-3-9(4-7-12-14)5-8-13-14/h2-8H2,1H3. The molecule has 0 aromatic rings. The maximum absolute atomic E-state index is 5.61. The van der Waals surface area contributed by atoms with Crippen molar-refractivity contribution in [3.05, 3.63) is 0 Å². The number of fused-ring (bicyclic) bond motifs is 7. The molecule has 0 aliphatic carbocycles. The molecule has 0 radical (unpaired) electrons. The quantitative estimate of drug-likeness (QED) is 0.573. The molecule has 0 aromatic heterocycles. The van der Waals surface area contributed by atoms with Gasteiger partial charge in [0, 0.05) is 33.4 Å². The highest BCUT2D eigenvalue weighted by Gasteiger charge is 2.46. The molecule has 6 heteroatoms. The third kappa shape index (κ3) is 2.33. The van der Waals surface area contributed by atoms with Gasteiger partial charge < -0.3 is 17.7 Å². The molecule has 0 unspecified atom stereocenters. The van der Waals surface area contributed by atoms with E-state index in [2.05, 4.69) is 4.90 Å². The van der Waals surface area contributed by atoms with E-state index in [1.807, 2.05) is 0 Å². The Kier molecular flexibility index (Phi) is 3.53. The van der Waals surface area contributed by atoms with Crippen LogP contribution in [-0.2, 0) is 17.7 Å². The van der Waals surface area contributed by atoms with E-state index in [4.69, 9.17) is 17.7 Å². The first-order chi connectivity index (χ1) is 6.85. The molecule has 14 heavy (non-hydrogen) atoms. The summed E-state index contributed by atoms with van der Waals surface area (Å²) < 4.78 is 22.1. The third-order valence-electron chi connectivity index (χ3n) is 2.52. The Morgan fingerprint density at radius 2 is 1.64 bits per heavy atom. The molecule has 3 saturated heterocycles. The van der Waals surface area contributed by atoms with Crippen molar-refractivity contribution in [2.24, 2.45) is 0 Å². The normalized spacial score (nSPS) is 39.6. The summed E-state index contributed by atoms with van der Waals surface area (Å²) in [5, 5.41) is 0. The first-order valence-corrected chi connectivity index (χ1v) is 6.67. The average molecular weight is 219 g/mol. The molecule has 82 valence electrons. The largest absolute Gasteiger partial charge is 0.679 e. The van der Waals surface area contributed by atoms with Gasteiger partial charge in [-0.2, -0.15) is 0 Å². The van der Waals surface area contributed by atoms with Crippen LogP contribution >= 0.6 is 0 Å². The van der Waals surface area contributed by atoms with Gasteiger partial charge >= 0.3 is 9.05 Å². The van der Waals surface area contributed by atoms with Crippen LogP contribution in [0.25, 0.3) is 0 Å². The molecule has 3 heterocycles. The topological polar surface area (TPSA) is 40.2 Å². The fraction of sp³-hybridized carbons (Fsp3) is 1.00. The summed E-state index contributed by atoms with van der Waals surface area (Å²) in [5.41, 5.74) is 0. The molecule has 0 spiro atoms. The molecule has 0 aromatic carbocycles. The van der Waals surface area contributed by atoms with Crippen LogP contribution in [0.15, 0.2) is 0 Å². The van der Waals surface area contributed by atoms with Crippen molar-refractivity contribution < 1.29 is 17.7 Å². The predicted molar refractivity (Wildman–Crippen MR) is 51.7 cm³/mol. The van der Waals surface area contributed by atoms with E-state index in [-0.39, 0.29) is 0 Å². The lowest BCUT2D eigenvalue weighted by Gasteiger charge is -2.29. The number of hydrogen-bond acceptors (Lipinski definition) is 5. The molecular weight excluding hydrogens is 202 g/mol. The van der Waals surface area contributed by atoms with Gasteiger partial charge in [-0.3, -0.25) is 4.90 Å². The van der Waals surface area contributed by atoms with Gasteiger partial charge in [0.15, 0.2) is 0 Å². The smallest absolute Gasteiger partial charge is 0.355 e. The lowest BCUT2D eigenvalue weighted by atomic mass is 10.4. The molecule has 0 N–H and O–H groups in total. The van der Waals surface area contributed by atoms with E-state index in [1.165, 1.54) is 0 Å². The Morgan fingerprint density at radius 3 is 2.29 bits per heavy atom. The highest BCUT2D eigenvalue weighted by Crippen LogP contribution is 2.15. The van der Waals surface area contributed by atoms with Crippen LogP contribution in [0.1, 0.15) is 6.42 Å². The van der Waals surface area contributed by atoms with Crippen molar-refractivity contribution in [1.29, 1.82) is 0 Å². The Labute approximate surface area is 85.4 Å². The molecule has 0 saturated carbocycles. The van der Waals surface area contributed by atoms with E-state index in [0.29, 0.717) is 19.8 Å². The van der Waals surface area contributed by atoms with E-state index >= 15 is 0 Å². The molecule has 3 aliphatic heterocycles. The van der Waals surface area contributed by atoms with Crippen molar-refractivity contribution in [2.45, 2.75) is 6.42 Å². The van der Waals surface area contributed by atoms with Crippen LogP contribution in [0, 0.1) is 0 Å². The summed E-state index contributed by atoms with van der Waals surface area (Å²) in [7, 11) is -1.16. The lowest BCUT2D eigenvalue weighted by molar-refractivity contribution is -0.0313. The van der Waals surface area contributed by atoms with Gasteiger partial charge in [0.25, 0.3) is 0 Å². The second-order valence-corrected chi connectivity index (χ2v) is 5.72. The second-order valence-electron chi connectivity index (χ2n) is 3.44. The van der Waals surface area contributed by atoms with Crippen molar-refractivity contribution in [3.8, 4) is 0 Å². The summed E-state index contributed by atoms with van der Waals surface area (Å²) in [5.74, 6) is 0. The van der Waals surface area contributed by atoms with Crippen molar-refractivity contribution >= 4 is 9.05 Å². The maximum atomic E-state index is 5.61. The number of nitrogens with zero attached hydrogens (tertiary/aromatic N) is 1. The van der Waals surface area contributed by atoms with Gasteiger partial charge in [0.2, 0.25) is 0 Å². The summed E-state index contributed by atoms with van der Waals surface area (Å²) in [6, 6.07) is 0. The Hall–Kier alpha value is 0.0169. The fourth-order valence-corrected chi connectivity index (χ4v) is 3.40. The van der Waals surface area contributed by atoms with Gasteiger partial charge in [-0.25, -0.2) is 0 Å². The van der Waals surface area contributed by atoms with Crippen molar-refractivity contribution in [3.63, 3.8) is 0 Å². The van der Waals surface area contributed by atoms with Gasteiger partial charge in [-0.15, -0.1) is 0 Å². The van der Waals surface area contributed by atoms with Crippen molar-refractivity contribution in [2.75, 3.05) is 46.6 Å². The lowest BCUT2D eigenvalue weighted by Crippen LogP contribution is -2.51. The first kappa shape index (κ1) is 10.5. The van der Waals surface area contributed by atoms with E-state index < -0.39 is 9.05 Å². The van der Waals surface area contributed by atoms with E-state index in [1.54, 1.807) is 7.11 Å². The van der Waals surface area contributed by atoms with Gasteiger partial charge in [-0.05, 0) is 6.42 Å². The first-order valence-electron chi connectivity index (χ1n) is 5.04. The van der Waals surface area contributed by atoms with Crippen LogP contribution in [0.5, 0.6) is 0 Å². The zero-order chi connectivity index (χ0) is 9.86. The van der Waals surface area contributed by atoms with Gasteiger partial charge in [0.1, 0.15) is 0 Å². The fourth-order valence-electron chi connectivity index (χ4n) is 1.72. The van der Waals surface area contributed by atoms with E-state index in [0.717, 1.165) is 26.1 Å². The highest BCUT2D eigenvalue weighted by molar-refractivity contribution is 6.53. The molecule has 0 atom stereocenters. The minimum Gasteiger partial charge on any atom is -0.355 e. The molecule has 3 rings (SSSR count). The molecular formula is C8H17NO4Si.